The number of phenols is 1. The molecule has 0 spiro atoms. The quantitative estimate of drug-likeness (QED) is 0.654. The molecule has 2 rings (SSSR count). The molecule has 0 amide bonds. The average Bonchev–Trinajstić information content (AvgIpc) is 2.59. The Balaban J connectivity index is 2.31. The Kier molecular flexibility index (Phi) is 5.25. The van der Waals surface area contributed by atoms with Gasteiger partial charge in [-0.15, -0.1) is 0 Å². The van der Waals surface area contributed by atoms with E-state index in [1.807, 2.05) is 12.1 Å². The second-order valence-corrected chi connectivity index (χ2v) is 4.67. The number of carbonyl (C=O) groups is 1. The van der Waals surface area contributed by atoms with Crippen molar-refractivity contribution in [2.75, 3.05) is 21.3 Å². The lowest BCUT2D eigenvalue weighted by Crippen LogP contribution is -2.01. The number of methoxy groups -OCH3 is 3. The predicted octanol–water partition coefficient (Wildman–Crippen LogP) is 3.31. The van der Waals surface area contributed by atoms with Crippen LogP contribution in [-0.4, -0.2) is 32.2 Å². The molecule has 120 valence electrons. The minimum absolute atomic E-state index is 0.0663. The summed E-state index contributed by atoms with van der Waals surface area (Å²) in [5.41, 5.74) is 0.900. The summed E-state index contributed by atoms with van der Waals surface area (Å²) in [6.45, 7) is 0. The van der Waals surface area contributed by atoms with Crippen molar-refractivity contribution in [1.29, 1.82) is 0 Å². The lowest BCUT2D eigenvalue weighted by atomic mass is 10.1. The van der Waals surface area contributed by atoms with Crippen molar-refractivity contribution in [1.82, 2.24) is 0 Å². The van der Waals surface area contributed by atoms with Crippen molar-refractivity contribution < 1.29 is 24.1 Å². The number of aromatic hydroxyl groups is 1. The van der Waals surface area contributed by atoms with E-state index in [0.717, 1.165) is 11.3 Å². The molecule has 23 heavy (non-hydrogen) atoms. The van der Waals surface area contributed by atoms with Gasteiger partial charge in [0.15, 0.2) is 17.3 Å². The molecule has 0 unspecified atom stereocenters. The summed E-state index contributed by atoms with van der Waals surface area (Å²) in [6.07, 6.45) is 3.03. The third-order valence-corrected chi connectivity index (χ3v) is 3.31. The van der Waals surface area contributed by atoms with Gasteiger partial charge in [0.1, 0.15) is 17.1 Å². The first-order valence-corrected chi connectivity index (χ1v) is 6.91. The van der Waals surface area contributed by atoms with Crippen LogP contribution < -0.4 is 14.2 Å². The molecule has 0 aliphatic heterocycles. The van der Waals surface area contributed by atoms with Crippen LogP contribution in [0.1, 0.15) is 15.9 Å². The van der Waals surface area contributed by atoms with Crippen LogP contribution in [0.3, 0.4) is 0 Å². The molecule has 0 aliphatic carbocycles. The summed E-state index contributed by atoms with van der Waals surface area (Å²) in [4.78, 5) is 12.4. The Morgan fingerprint density at radius 2 is 1.65 bits per heavy atom. The van der Waals surface area contributed by atoms with Crippen molar-refractivity contribution in [3.8, 4) is 23.0 Å². The zero-order valence-electron chi connectivity index (χ0n) is 13.2. The maximum Gasteiger partial charge on any atom is 0.193 e. The smallest absolute Gasteiger partial charge is 0.193 e. The van der Waals surface area contributed by atoms with Gasteiger partial charge in [0.05, 0.1) is 21.3 Å². The van der Waals surface area contributed by atoms with E-state index >= 15 is 0 Å². The molecule has 2 aromatic rings. The van der Waals surface area contributed by atoms with Crippen molar-refractivity contribution in [2.45, 2.75) is 0 Å². The summed E-state index contributed by atoms with van der Waals surface area (Å²) in [5.74, 6) is 0.782. The summed E-state index contributed by atoms with van der Waals surface area (Å²) < 4.78 is 15.4. The molecule has 2 aromatic carbocycles. The fourth-order valence-corrected chi connectivity index (χ4v) is 2.12. The van der Waals surface area contributed by atoms with Crippen LogP contribution in [0.25, 0.3) is 6.08 Å². The normalized spacial score (nSPS) is 10.6. The first-order chi connectivity index (χ1) is 11.1. The Morgan fingerprint density at radius 1 is 0.957 bits per heavy atom. The highest BCUT2D eigenvalue weighted by molar-refractivity contribution is 6.11. The molecule has 0 aromatic heterocycles. The Labute approximate surface area is 134 Å². The van der Waals surface area contributed by atoms with Crippen molar-refractivity contribution in [2.24, 2.45) is 0 Å². The Hall–Kier alpha value is -2.95. The number of benzene rings is 2. The fraction of sp³-hybridized carbons (Fsp3) is 0.167. The molecule has 0 fully saturated rings. The molecule has 0 saturated carbocycles. The van der Waals surface area contributed by atoms with Crippen LogP contribution in [-0.2, 0) is 0 Å². The van der Waals surface area contributed by atoms with Gasteiger partial charge in [0, 0.05) is 0 Å². The van der Waals surface area contributed by atoms with E-state index in [0.29, 0.717) is 5.75 Å². The molecule has 0 heterocycles. The zero-order chi connectivity index (χ0) is 16.8. The van der Waals surface area contributed by atoms with Gasteiger partial charge in [-0.1, -0.05) is 18.2 Å². The molecular weight excluding hydrogens is 296 g/mol. The van der Waals surface area contributed by atoms with Gasteiger partial charge >= 0.3 is 0 Å². The largest absolute Gasteiger partial charge is 0.507 e. The minimum Gasteiger partial charge on any atom is -0.507 e. The lowest BCUT2D eigenvalue weighted by Gasteiger charge is -2.12. The maximum absolute atomic E-state index is 12.4. The second kappa shape index (κ2) is 7.35. The zero-order valence-corrected chi connectivity index (χ0v) is 13.2. The first kappa shape index (κ1) is 16.4. The second-order valence-electron chi connectivity index (χ2n) is 4.67. The van der Waals surface area contributed by atoms with Crippen LogP contribution >= 0.6 is 0 Å². The number of carbonyl (C=O) groups excluding carboxylic acids is 1. The van der Waals surface area contributed by atoms with Crippen LogP contribution in [0.2, 0.25) is 0 Å². The number of allylic oxidation sites excluding steroid dienone is 1. The molecular formula is C18H18O5. The number of hydrogen-bond donors (Lipinski definition) is 1. The van der Waals surface area contributed by atoms with Gasteiger partial charge in [-0.05, 0) is 35.9 Å². The summed E-state index contributed by atoms with van der Waals surface area (Å²) in [5, 5.41) is 9.97. The number of rotatable bonds is 6. The fourth-order valence-electron chi connectivity index (χ4n) is 2.12. The van der Waals surface area contributed by atoms with E-state index in [2.05, 4.69) is 0 Å². The Morgan fingerprint density at radius 3 is 2.22 bits per heavy atom. The maximum atomic E-state index is 12.4. The predicted molar refractivity (Wildman–Crippen MR) is 87.6 cm³/mol. The van der Waals surface area contributed by atoms with Crippen molar-refractivity contribution in [3.05, 3.63) is 53.6 Å². The monoisotopic (exact) mass is 314 g/mol. The van der Waals surface area contributed by atoms with Crippen LogP contribution in [0.15, 0.2) is 42.5 Å². The van der Waals surface area contributed by atoms with Gasteiger partial charge in [0.25, 0.3) is 0 Å². The van der Waals surface area contributed by atoms with Gasteiger partial charge in [0.2, 0.25) is 0 Å². The summed E-state index contributed by atoms with van der Waals surface area (Å²) in [7, 11) is 4.48. The van der Waals surface area contributed by atoms with Crippen LogP contribution in [0, 0.1) is 0 Å². The summed E-state index contributed by atoms with van der Waals surface area (Å²) >= 11 is 0. The highest BCUT2D eigenvalue weighted by atomic mass is 16.5. The first-order valence-electron chi connectivity index (χ1n) is 6.91. The van der Waals surface area contributed by atoms with E-state index in [-0.39, 0.29) is 22.8 Å². The standard InChI is InChI=1S/C18H18O5/c1-21-13-7-4-12(5-8-13)6-9-14(19)17-15(20)10-11-16(22-2)18(17)23-3/h4-11,20H,1-3H3. The molecule has 0 radical (unpaired) electrons. The van der Waals surface area contributed by atoms with Gasteiger partial charge < -0.3 is 19.3 Å². The number of hydrogen-bond acceptors (Lipinski definition) is 5. The van der Waals surface area contributed by atoms with E-state index in [1.54, 1.807) is 25.3 Å². The minimum atomic E-state index is -0.380. The van der Waals surface area contributed by atoms with E-state index in [9.17, 15) is 9.90 Å². The third-order valence-electron chi connectivity index (χ3n) is 3.31. The number of phenolic OH excluding ortho intramolecular Hbond substituents is 1. The highest BCUT2D eigenvalue weighted by Gasteiger charge is 2.19. The van der Waals surface area contributed by atoms with E-state index < -0.39 is 0 Å². The molecule has 0 bridgehead atoms. The molecule has 0 atom stereocenters. The van der Waals surface area contributed by atoms with Gasteiger partial charge in [-0.25, -0.2) is 0 Å². The van der Waals surface area contributed by atoms with Gasteiger partial charge in [-0.2, -0.15) is 0 Å². The SMILES string of the molecule is COc1ccc(C=CC(=O)c2c(O)ccc(OC)c2OC)cc1. The number of ketones is 1. The van der Waals surface area contributed by atoms with E-state index in [1.165, 1.54) is 32.4 Å². The van der Waals surface area contributed by atoms with Crippen molar-refractivity contribution >= 4 is 11.9 Å². The number of ether oxygens (including phenoxy) is 3. The molecule has 5 nitrogen and oxygen atoms in total. The van der Waals surface area contributed by atoms with Crippen LogP contribution in [0.5, 0.6) is 23.0 Å². The molecule has 0 aliphatic rings. The average molecular weight is 314 g/mol. The van der Waals surface area contributed by atoms with Gasteiger partial charge in [-0.3, -0.25) is 4.79 Å². The van der Waals surface area contributed by atoms with Crippen molar-refractivity contribution in [3.63, 3.8) is 0 Å². The highest BCUT2D eigenvalue weighted by Crippen LogP contribution is 2.37. The lowest BCUT2D eigenvalue weighted by molar-refractivity contribution is 0.104. The molecule has 5 heteroatoms. The molecule has 0 saturated heterocycles. The Bertz CT molecular complexity index is 717. The molecule has 1 N–H and O–H groups in total. The summed E-state index contributed by atoms with van der Waals surface area (Å²) in [6, 6.07) is 10.2. The van der Waals surface area contributed by atoms with Crippen LogP contribution in [0.4, 0.5) is 0 Å². The topological polar surface area (TPSA) is 65.0 Å². The van der Waals surface area contributed by atoms with E-state index in [4.69, 9.17) is 14.2 Å². The third kappa shape index (κ3) is 3.63.